The second-order valence-electron chi connectivity index (χ2n) is 4.81. The van der Waals surface area contributed by atoms with Crippen LogP contribution in [0.5, 0.6) is 0 Å². The zero-order valence-corrected chi connectivity index (χ0v) is 11.0. The first-order valence-electron chi connectivity index (χ1n) is 6.54. The number of imidazole rings is 1. The van der Waals surface area contributed by atoms with Gasteiger partial charge in [0.1, 0.15) is 5.82 Å². The Morgan fingerprint density at radius 1 is 1.00 bits per heavy atom. The highest BCUT2D eigenvalue weighted by atomic mass is 19.1. The summed E-state index contributed by atoms with van der Waals surface area (Å²) in [7, 11) is 0. The summed E-state index contributed by atoms with van der Waals surface area (Å²) in [5.41, 5.74) is 4.31. The van der Waals surface area contributed by atoms with Crippen molar-refractivity contribution in [2.75, 3.05) is 0 Å². The Kier molecular flexibility index (Phi) is 2.57. The van der Waals surface area contributed by atoms with Gasteiger partial charge in [0.15, 0.2) is 0 Å². The fourth-order valence-corrected chi connectivity index (χ4v) is 2.47. The Morgan fingerprint density at radius 2 is 1.95 bits per heavy atom. The van der Waals surface area contributed by atoms with Gasteiger partial charge in [-0.3, -0.25) is 5.10 Å². The van der Waals surface area contributed by atoms with Gasteiger partial charge in [0.25, 0.3) is 0 Å². The Labute approximate surface area is 119 Å². The zero-order valence-electron chi connectivity index (χ0n) is 11.0. The maximum Gasteiger partial charge on any atom is 0.123 e. The molecule has 2 aromatic heterocycles. The molecule has 0 unspecified atom stereocenters. The number of nitrogens with zero attached hydrogens (tertiary/aromatic N) is 2. The second-order valence-corrected chi connectivity index (χ2v) is 4.81. The highest BCUT2D eigenvalue weighted by molar-refractivity contribution is 5.86. The zero-order chi connectivity index (χ0) is 14.2. The van der Waals surface area contributed by atoms with Crippen molar-refractivity contribution < 1.29 is 4.39 Å². The molecule has 0 aliphatic rings. The van der Waals surface area contributed by atoms with E-state index in [2.05, 4.69) is 20.2 Å². The second kappa shape index (κ2) is 4.56. The van der Waals surface area contributed by atoms with Crippen LogP contribution in [0.1, 0.15) is 0 Å². The lowest BCUT2D eigenvalue weighted by atomic mass is 10.0. The number of fused-ring (bicyclic) bond motifs is 1. The number of H-pyrrole nitrogens is 2. The smallest absolute Gasteiger partial charge is 0.123 e. The first kappa shape index (κ1) is 11.8. The fraction of sp³-hybridized carbons (Fsp3) is 0. The van der Waals surface area contributed by atoms with Gasteiger partial charge in [-0.05, 0) is 24.3 Å². The summed E-state index contributed by atoms with van der Waals surface area (Å²) < 4.78 is 13.4. The summed E-state index contributed by atoms with van der Waals surface area (Å²) in [5.74, 6) is -0.272. The maximum absolute atomic E-state index is 13.4. The predicted octanol–water partition coefficient (Wildman–Crippen LogP) is 3.76. The molecule has 0 bridgehead atoms. The number of aromatic amines is 2. The molecule has 102 valence electrons. The number of halogens is 1. The predicted molar refractivity (Wildman–Crippen MR) is 79.1 cm³/mol. The lowest BCUT2D eigenvalue weighted by Gasteiger charge is -2.04. The molecule has 0 radical (unpaired) electrons. The van der Waals surface area contributed by atoms with E-state index in [0.29, 0.717) is 0 Å². The third-order valence-corrected chi connectivity index (χ3v) is 3.47. The lowest BCUT2D eigenvalue weighted by molar-refractivity contribution is 0.628. The number of aromatic nitrogens is 4. The monoisotopic (exact) mass is 278 g/mol. The molecule has 0 aliphatic heterocycles. The SMILES string of the molecule is Fc1cccc(-c2nc[nH]c2-c2ccc3[nH]ncc3c2)c1. The van der Waals surface area contributed by atoms with Crippen molar-refractivity contribution in [1.82, 2.24) is 20.2 Å². The molecule has 4 nitrogen and oxygen atoms in total. The Hall–Kier alpha value is -2.95. The van der Waals surface area contributed by atoms with Crippen molar-refractivity contribution in [1.29, 1.82) is 0 Å². The summed E-state index contributed by atoms with van der Waals surface area (Å²) >= 11 is 0. The van der Waals surface area contributed by atoms with Crippen molar-refractivity contribution in [3.8, 4) is 22.5 Å². The Bertz CT molecular complexity index is 923. The van der Waals surface area contributed by atoms with Crippen molar-refractivity contribution in [2.45, 2.75) is 0 Å². The molecule has 5 heteroatoms. The summed E-state index contributed by atoms with van der Waals surface area (Å²) in [4.78, 5) is 7.46. The molecule has 4 rings (SSSR count). The average molecular weight is 278 g/mol. The Balaban J connectivity index is 1.88. The molecule has 0 spiro atoms. The van der Waals surface area contributed by atoms with Gasteiger partial charge in [-0.1, -0.05) is 18.2 Å². The van der Waals surface area contributed by atoms with Gasteiger partial charge in [0, 0.05) is 16.5 Å². The molecule has 0 amide bonds. The number of nitrogens with one attached hydrogen (secondary N) is 2. The summed E-state index contributed by atoms with van der Waals surface area (Å²) in [6.07, 6.45) is 3.40. The first-order valence-corrected chi connectivity index (χ1v) is 6.54. The van der Waals surface area contributed by atoms with Crippen LogP contribution in [0.15, 0.2) is 55.0 Å². The number of hydrogen-bond acceptors (Lipinski definition) is 2. The van der Waals surface area contributed by atoms with Crippen LogP contribution in [0.3, 0.4) is 0 Å². The quantitative estimate of drug-likeness (QED) is 0.586. The molecule has 2 aromatic carbocycles. The summed E-state index contributed by atoms with van der Waals surface area (Å²) in [6.45, 7) is 0. The number of hydrogen-bond donors (Lipinski definition) is 2. The van der Waals surface area contributed by atoms with E-state index in [4.69, 9.17) is 0 Å². The molecule has 21 heavy (non-hydrogen) atoms. The Morgan fingerprint density at radius 3 is 2.86 bits per heavy atom. The van der Waals surface area contributed by atoms with Gasteiger partial charge in [-0.15, -0.1) is 0 Å². The highest BCUT2D eigenvalue weighted by Crippen LogP contribution is 2.30. The summed E-state index contributed by atoms with van der Waals surface area (Å²) in [5, 5.41) is 7.96. The van der Waals surface area contributed by atoms with Gasteiger partial charge in [-0.25, -0.2) is 9.37 Å². The number of rotatable bonds is 2. The highest BCUT2D eigenvalue weighted by Gasteiger charge is 2.11. The van der Waals surface area contributed by atoms with E-state index < -0.39 is 0 Å². The molecule has 4 aromatic rings. The average Bonchev–Trinajstić information content (AvgIpc) is 3.15. The van der Waals surface area contributed by atoms with E-state index in [-0.39, 0.29) is 5.82 Å². The van der Waals surface area contributed by atoms with Crippen LogP contribution in [-0.4, -0.2) is 20.2 Å². The minimum atomic E-state index is -0.272. The molecule has 0 fully saturated rings. The molecule has 0 saturated heterocycles. The van der Waals surface area contributed by atoms with E-state index in [1.807, 2.05) is 24.3 Å². The largest absolute Gasteiger partial charge is 0.344 e. The third kappa shape index (κ3) is 1.99. The van der Waals surface area contributed by atoms with Crippen LogP contribution >= 0.6 is 0 Å². The molecule has 0 aliphatic carbocycles. The fourth-order valence-electron chi connectivity index (χ4n) is 2.47. The molecular formula is C16H11FN4. The molecule has 2 heterocycles. The molecular weight excluding hydrogens is 267 g/mol. The van der Waals surface area contributed by atoms with Gasteiger partial charge in [0.05, 0.1) is 29.4 Å². The van der Waals surface area contributed by atoms with E-state index in [1.54, 1.807) is 18.6 Å². The van der Waals surface area contributed by atoms with Crippen molar-refractivity contribution in [3.63, 3.8) is 0 Å². The minimum absolute atomic E-state index is 0.272. The van der Waals surface area contributed by atoms with Crippen molar-refractivity contribution in [3.05, 3.63) is 60.8 Å². The molecule has 0 saturated carbocycles. The third-order valence-electron chi connectivity index (χ3n) is 3.47. The van der Waals surface area contributed by atoms with E-state index >= 15 is 0 Å². The normalized spacial score (nSPS) is 11.1. The van der Waals surface area contributed by atoms with Gasteiger partial charge < -0.3 is 4.98 Å². The van der Waals surface area contributed by atoms with Crippen molar-refractivity contribution >= 4 is 10.9 Å². The molecule has 0 atom stereocenters. The first-order chi connectivity index (χ1) is 10.3. The van der Waals surface area contributed by atoms with E-state index in [9.17, 15) is 4.39 Å². The van der Waals surface area contributed by atoms with Crippen LogP contribution in [-0.2, 0) is 0 Å². The van der Waals surface area contributed by atoms with Crippen LogP contribution in [0.4, 0.5) is 4.39 Å². The van der Waals surface area contributed by atoms with Crippen molar-refractivity contribution in [2.24, 2.45) is 0 Å². The van der Waals surface area contributed by atoms with Gasteiger partial charge in [-0.2, -0.15) is 5.10 Å². The maximum atomic E-state index is 13.4. The molecule has 2 N–H and O–H groups in total. The van der Waals surface area contributed by atoms with Crippen LogP contribution in [0.2, 0.25) is 0 Å². The van der Waals surface area contributed by atoms with E-state index in [1.165, 1.54) is 12.1 Å². The van der Waals surface area contributed by atoms with Crippen LogP contribution < -0.4 is 0 Å². The summed E-state index contributed by atoms with van der Waals surface area (Å²) in [6, 6.07) is 12.4. The van der Waals surface area contributed by atoms with E-state index in [0.717, 1.165) is 33.4 Å². The minimum Gasteiger partial charge on any atom is -0.344 e. The lowest BCUT2D eigenvalue weighted by Crippen LogP contribution is -1.85. The topological polar surface area (TPSA) is 57.4 Å². The standard InChI is InChI=1S/C16H11FN4/c17-13-3-1-2-10(7-13)15-16(19-9-18-15)11-4-5-14-12(6-11)8-20-21-14/h1-9H,(H,18,19)(H,20,21). The number of benzene rings is 2. The van der Waals surface area contributed by atoms with Gasteiger partial charge in [0.2, 0.25) is 0 Å². The van der Waals surface area contributed by atoms with Crippen LogP contribution in [0.25, 0.3) is 33.4 Å². The van der Waals surface area contributed by atoms with Crippen LogP contribution in [0, 0.1) is 5.82 Å². The van der Waals surface area contributed by atoms with Gasteiger partial charge >= 0.3 is 0 Å².